The molecular formula is C24H30N2O2. The molecule has 1 heterocycles. The van der Waals surface area contributed by atoms with E-state index in [-0.39, 0.29) is 0 Å². The molecule has 0 radical (unpaired) electrons. The van der Waals surface area contributed by atoms with Crippen molar-refractivity contribution in [3.05, 3.63) is 89.7 Å². The number of hydrogen-bond donors (Lipinski definition) is 0. The van der Waals surface area contributed by atoms with Crippen LogP contribution in [0.15, 0.2) is 72.9 Å². The Bertz CT molecular complexity index is 829. The number of methoxy groups -OCH3 is 2. The van der Waals surface area contributed by atoms with Crippen molar-refractivity contribution in [2.24, 2.45) is 0 Å². The van der Waals surface area contributed by atoms with E-state index in [1.54, 1.807) is 14.2 Å². The molecule has 0 atom stereocenters. The van der Waals surface area contributed by atoms with Gasteiger partial charge in [-0.05, 0) is 41.8 Å². The second-order valence-electron chi connectivity index (χ2n) is 7.02. The highest BCUT2D eigenvalue weighted by molar-refractivity contribution is 5.28. The van der Waals surface area contributed by atoms with Gasteiger partial charge < -0.3 is 14.0 Å². The predicted octanol–water partition coefficient (Wildman–Crippen LogP) is 4.58. The van der Waals surface area contributed by atoms with Crippen molar-refractivity contribution in [2.75, 3.05) is 27.4 Å². The fraction of sp³-hybridized carbons (Fsp3) is 0.333. The highest BCUT2D eigenvalue weighted by Gasteiger charge is 2.11. The Balaban J connectivity index is 1.71. The first kappa shape index (κ1) is 20.2. The molecule has 0 amide bonds. The van der Waals surface area contributed by atoms with Gasteiger partial charge in [0, 0.05) is 51.8 Å². The quantitative estimate of drug-likeness (QED) is 0.457. The molecule has 0 N–H and O–H groups in total. The number of hydrogen-bond acceptors (Lipinski definition) is 3. The maximum atomic E-state index is 5.38. The van der Waals surface area contributed by atoms with Gasteiger partial charge in [0.25, 0.3) is 0 Å². The second kappa shape index (κ2) is 10.7. The average Bonchev–Trinajstić information content (AvgIpc) is 3.15. The molecule has 0 aliphatic rings. The Morgan fingerprint density at radius 3 is 2.46 bits per heavy atom. The monoisotopic (exact) mass is 378 g/mol. The summed E-state index contributed by atoms with van der Waals surface area (Å²) in [5.74, 6) is 0.904. The van der Waals surface area contributed by atoms with E-state index in [0.29, 0.717) is 0 Å². The van der Waals surface area contributed by atoms with Crippen molar-refractivity contribution in [3.8, 4) is 5.75 Å². The Morgan fingerprint density at radius 2 is 1.68 bits per heavy atom. The van der Waals surface area contributed by atoms with Crippen molar-refractivity contribution >= 4 is 0 Å². The summed E-state index contributed by atoms with van der Waals surface area (Å²) in [4.78, 5) is 2.48. The van der Waals surface area contributed by atoms with E-state index in [9.17, 15) is 0 Å². The zero-order valence-electron chi connectivity index (χ0n) is 16.9. The summed E-state index contributed by atoms with van der Waals surface area (Å²) in [5, 5.41) is 0. The molecule has 0 saturated carbocycles. The molecule has 1 aromatic heterocycles. The summed E-state index contributed by atoms with van der Waals surface area (Å²) < 4.78 is 13.0. The molecule has 0 fully saturated rings. The summed E-state index contributed by atoms with van der Waals surface area (Å²) in [6.07, 6.45) is 3.18. The van der Waals surface area contributed by atoms with Gasteiger partial charge in [0.15, 0.2) is 0 Å². The molecule has 0 spiro atoms. The van der Waals surface area contributed by atoms with Crippen molar-refractivity contribution < 1.29 is 9.47 Å². The molecule has 0 unspecified atom stereocenters. The molecule has 28 heavy (non-hydrogen) atoms. The first-order valence-electron chi connectivity index (χ1n) is 9.80. The third-order valence-electron chi connectivity index (χ3n) is 4.87. The zero-order valence-corrected chi connectivity index (χ0v) is 16.9. The van der Waals surface area contributed by atoms with E-state index in [1.807, 2.05) is 6.07 Å². The summed E-state index contributed by atoms with van der Waals surface area (Å²) in [6, 6.07) is 23.3. The van der Waals surface area contributed by atoms with E-state index in [2.05, 4.69) is 76.3 Å². The molecule has 0 aliphatic heterocycles. The van der Waals surface area contributed by atoms with Gasteiger partial charge in [0.05, 0.1) is 7.11 Å². The van der Waals surface area contributed by atoms with E-state index in [4.69, 9.17) is 9.47 Å². The molecule has 3 rings (SSSR count). The van der Waals surface area contributed by atoms with E-state index in [1.165, 1.54) is 16.8 Å². The minimum Gasteiger partial charge on any atom is -0.497 e. The van der Waals surface area contributed by atoms with Gasteiger partial charge >= 0.3 is 0 Å². The number of ether oxygens (including phenoxy) is 2. The molecule has 0 aliphatic carbocycles. The fourth-order valence-electron chi connectivity index (χ4n) is 3.43. The Kier molecular flexibility index (Phi) is 7.71. The highest BCUT2D eigenvalue weighted by Crippen LogP contribution is 2.17. The van der Waals surface area contributed by atoms with Gasteiger partial charge in [-0.3, -0.25) is 4.90 Å². The summed E-state index contributed by atoms with van der Waals surface area (Å²) in [6.45, 7) is 4.45. The highest BCUT2D eigenvalue weighted by atomic mass is 16.5. The summed E-state index contributed by atoms with van der Waals surface area (Å²) in [5.41, 5.74) is 3.90. The van der Waals surface area contributed by atoms with Crippen LogP contribution in [0, 0.1) is 0 Å². The number of rotatable bonds is 11. The van der Waals surface area contributed by atoms with Crippen LogP contribution in [-0.2, 0) is 24.4 Å². The van der Waals surface area contributed by atoms with Gasteiger partial charge in [-0.15, -0.1) is 0 Å². The van der Waals surface area contributed by atoms with Crippen molar-refractivity contribution in [3.63, 3.8) is 0 Å². The molecule has 0 bridgehead atoms. The molecule has 0 saturated heterocycles. The minimum atomic E-state index is 0.777. The Labute approximate surface area is 168 Å². The summed E-state index contributed by atoms with van der Waals surface area (Å²) in [7, 11) is 3.48. The topological polar surface area (TPSA) is 26.6 Å². The van der Waals surface area contributed by atoms with Crippen LogP contribution in [0.5, 0.6) is 5.75 Å². The first-order chi connectivity index (χ1) is 13.8. The van der Waals surface area contributed by atoms with Gasteiger partial charge in [0.1, 0.15) is 5.75 Å². The Morgan fingerprint density at radius 1 is 0.857 bits per heavy atom. The van der Waals surface area contributed by atoms with Crippen molar-refractivity contribution in [1.29, 1.82) is 0 Å². The van der Waals surface area contributed by atoms with Crippen LogP contribution in [0.2, 0.25) is 0 Å². The van der Waals surface area contributed by atoms with Crippen molar-refractivity contribution in [2.45, 2.75) is 26.1 Å². The van der Waals surface area contributed by atoms with Crippen LogP contribution in [0.1, 0.15) is 23.2 Å². The van der Waals surface area contributed by atoms with Crippen LogP contribution in [0.3, 0.4) is 0 Å². The smallest absolute Gasteiger partial charge is 0.119 e. The van der Waals surface area contributed by atoms with E-state index < -0.39 is 0 Å². The minimum absolute atomic E-state index is 0.777. The average molecular weight is 379 g/mol. The fourth-order valence-corrected chi connectivity index (χ4v) is 3.43. The van der Waals surface area contributed by atoms with Crippen molar-refractivity contribution in [1.82, 2.24) is 9.47 Å². The number of nitrogens with zero attached hydrogens (tertiary/aromatic N) is 2. The molecule has 3 aromatic rings. The number of benzene rings is 2. The largest absolute Gasteiger partial charge is 0.497 e. The maximum absolute atomic E-state index is 5.38. The van der Waals surface area contributed by atoms with E-state index >= 15 is 0 Å². The lowest BCUT2D eigenvalue weighted by Gasteiger charge is -2.23. The third-order valence-corrected chi connectivity index (χ3v) is 4.87. The normalized spacial score (nSPS) is 11.1. The number of aromatic nitrogens is 1. The van der Waals surface area contributed by atoms with Gasteiger partial charge in [-0.25, -0.2) is 0 Å². The molecule has 2 aromatic carbocycles. The van der Waals surface area contributed by atoms with Gasteiger partial charge in [0.2, 0.25) is 0 Å². The SMILES string of the molecule is COCCCN(Cc1cccc(OC)c1)Cc1cccn1Cc1ccccc1. The molecular weight excluding hydrogens is 348 g/mol. The standard InChI is InChI=1S/C24H30N2O2/c1-27-16-8-14-25(18-22-11-6-13-24(17-22)28-2)20-23-12-7-15-26(23)19-21-9-4-3-5-10-21/h3-7,9-13,15,17H,8,14,16,18-20H2,1-2H3. The lowest BCUT2D eigenvalue weighted by Crippen LogP contribution is -2.26. The maximum Gasteiger partial charge on any atom is 0.119 e. The molecule has 148 valence electrons. The van der Waals surface area contributed by atoms with Crippen LogP contribution < -0.4 is 4.74 Å². The van der Waals surface area contributed by atoms with Crippen LogP contribution >= 0.6 is 0 Å². The molecule has 4 heteroatoms. The first-order valence-corrected chi connectivity index (χ1v) is 9.80. The molecule has 4 nitrogen and oxygen atoms in total. The van der Waals surface area contributed by atoms with Crippen LogP contribution in [0.4, 0.5) is 0 Å². The van der Waals surface area contributed by atoms with Gasteiger partial charge in [-0.1, -0.05) is 42.5 Å². The summed E-state index contributed by atoms with van der Waals surface area (Å²) >= 11 is 0. The van der Waals surface area contributed by atoms with Crippen LogP contribution in [-0.4, -0.2) is 36.8 Å². The van der Waals surface area contributed by atoms with Gasteiger partial charge in [-0.2, -0.15) is 0 Å². The zero-order chi connectivity index (χ0) is 19.6. The lowest BCUT2D eigenvalue weighted by molar-refractivity contribution is 0.165. The second-order valence-corrected chi connectivity index (χ2v) is 7.02. The third kappa shape index (κ3) is 5.98. The predicted molar refractivity (Wildman–Crippen MR) is 114 cm³/mol. The lowest BCUT2D eigenvalue weighted by atomic mass is 10.2. The van der Waals surface area contributed by atoms with Crippen LogP contribution in [0.25, 0.3) is 0 Å². The Hall–Kier alpha value is -2.56. The van der Waals surface area contributed by atoms with E-state index in [0.717, 1.165) is 45.0 Å².